The molecule has 0 aliphatic carbocycles. The summed E-state index contributed by atoms with van der Waals surface area (Å²) >= 11 is 0. The van der Waals surface area contributed by atoms with Gasteiger partial charge in [-0.05, 0) is 6.92 Å². The summed E-state index contributed by atoms with van der Waals surface area (Å²) in [4.78, 5) is 27.1. The monoisotopic (exact) mass is 266 g/mol. The molecule has 1 aliphatic rings. The maximum atomic E-state index is 11.5. The number of rotatable bonds is 6. The molecular weight excluding hydrogens is 244 g/mol. The van der Waals surface area contributed by atoms with E-state index in [0.717, 1.165) is 26.2 Å². The van der Waals surface area contributed by atoms with Crippen LogP contribution in [0.2, 0.25) is 0 Å². The van der Waals surface area contributed by atoms with Crippen molar-refractivity contribution in [2.75, 3.05) is 52.4 Å². The third-order valence-corrected chi connectivity index (χ3v) is 2.96. The second-order valence-electron chi connectivity index (χ2n) is 4.49. The number of terminal acetylenes is 1. The number of hydrogen-bond acceptors (Lipinski definition) is 4. The first kappa shape index (κ1) is 15.5. The summed E-state index contributed by atoms with van der Waals surface area (Å²) < 4.78 is 0. The molecule has 1 fully saturated rings. The number of carbonyl (C=O) groups excluding carboxylic acids is 2. The minimum absolute atomic E-state index is 0.0462. The maximum absolute atomic E-state index is 11.5. The average Bonchev–Trinajstić information content (AvgIpc) is 2.39. The van der Waals surface area contributed by atoms with Crippen molar-refractivity contribution in [3.63, 3.8) is 0 Å². The van der Waals surface area contributed by atoms with Gasteiger partial charge in [0.1, 0.15) is 0 Å². The lowest BCUT2D eigenvalue weighted by molar-refractivity contribution is -0.124. The van der Waals surface area contributed by atoms with Crippen LogP contribution in [0.3, 0.4) is 0 Å². The Morgan fingerprint density at radius 2 is 1.53 bits per heavy atom. The Balaban J connectivity index is 2.20. The lowest BCUT2D eigenvalue weighted by Crippen LogP contribution is -2.51. The molecule has 0 aromatic heterocycles. The van der Waals surface area contributed by atoms with Crippen molar-refractivity contribution in [1.82, 2.24) is 20.4 Å². The maximum Gasteiger partial charge on any atom is 0.234 e. The van der Waals surface area contributed by atoms with Gasteiger partial charge in [0, 0.05) is 32.7 Å². The third kappa shape index (κ3) is 6.22. The Kier molecular flexibility index (Phi) is 6.93. The largest absolute Gasteiger partial charge is 0.355 e. The highest BCUT2D eigenvalue weighted by atomic mass is 16.2. The molecule has 1 rings (SSSR count). The molecule has 106 valence electrons. The Labute approximate surface area is 114 Å². The van der Waals surface area contributed by atoms with E-state index in [-0.39, 0.29) is 18.4 Å². The highest BCUT2D eigenvalue weighted by Crippen LogP contribution is 2.00. The fourth-order valence-electron chi connectivity index (χ4n) is 1.97. The zero-order valence-corrected chi connectivity index (χ0v) is 11.4. The molecule has 19 heavy (non-hydrogen) atoms. The van der Waals surface area contributed by atoms with Crippen LogP contribution in [-0.2, 0) is 9.59 Å². The van der Waals surface area contributed by atoms with Crippen molar-refractivity contribution < 1.29 is 9.59 Å². The van der Waals surface area contributed by atoms with E-state index in [1.807, 2.05) is 6.92 Å². The molecule has 0 unspecified atom stereocenters. The van der Waals surface area contributed by atoms with Gasteiger partial charge in [0.15, 0.2) is 0 Å². The number of likely N-dealkylation sites (N-methyl/N-ethyl adjacent to an activating group) is 1. The summed E-state index contributed by atoms with van der Waals surface area (Å²) in [6, 6.07) is 0. The standard InChI is InChI=1S/C13H22N4O2/c1-3-5-15-13(19)11-17-8-6-16(7-9-17)10-12(18)14-4-2/h1H,4-11H2,2H3,(H,14,18)(H,15,19). The zero-order chi connectivity index (χ0) is 14.1. The summed E-state index contributed by atoms with van der Waals surface area (Å²) in [5.74, 6) is 2.39. The van der Waals surface area contributed by atoms with Gasteiger partial charge in [-0.3, -0.25) is 19.4 Å². The Hall–Kier alpha value is -1.58. The molecule has 1 aliphatic heterocycles. The molecule has 0 aromatic carbocycles. The first-order valence-corrected chi connectivity index (χ1v) is 6.57. The van der Waals surface area contributed by atoms with Crippen molar-refractivity contribution in [2.45, 2.75) is 6.92 Å². The highest BCUT2D eigenvalue weighted by molar-refractivity contribution is 5.78. The van der Waals surface area contributed by atoms with Gasteiger partial charge in [-0.1, -0.05) is 5.92 Å². The van der Waals surface area contributed by atoms with Crippen LogP contribution in [0.5, 0.6) is 0 Å². The fourth-order valence-corrected chi connectivity index (χ4v) is 1.97. The molecule has 2 N–H and O–H groups in total. The van der Waals surface area contributed by atoms with E-state index >= 15 is 0 Å². The predicted molar refractivity (Wildman–Crippen MR) is 73.4 cm³/mol. The van der Waals surface area contributed by atoms with Crippen LogP contribution in [0.4, 0.5) is 0 Å². The molecule has 0 saturated carbocycles. The predicted octanol–water partition coefficient (Wildman–Crippen LogP) is -1.51. The van der Waals surface area contributed by atoms with Gasteiger partial charge < -0.3 is 10.6 Å². The van der Waals surface area contributed by atoms with Crippen LogP contribution in [-0.4, -0.2) is 74.0 Å². The van der Waals surface area contributed by atoms with Gasteiger partial charge in [-0.15, -0.1) is 6.42 Å². The minimum Gasteiger partial charge on any atom is -0.355 e. The van der Waals surface area contributed by atoms with E-state index in [4.69, 9.17) is 6.42 Å². The van der Waals surface area contributed by atoms with Crippen LogP contribution in [0, 0.1) is 12.3 Å². The van der Waals surface area contributed by atoms with Gasteiger partial charge in [-0.2, -0.15) is 0 Å². The first-order valence-electron chi connectivity index (χ1n) is 6.57. The number of nitrogens with zero attached hydrogens (tertiary/aromatic N) is 2. The second-order valence-corrected chi connectivity index (χ2v) is 4.49. The van der Waals surface area contributed by atoms with Crippen molar-refractivity contribution in [1.29, 1.82) is 0 Å². The lowest BCUT2D eigenvalue weighted by atomic mass is 10.3. The summed E-state index contributed by atoms with van der Waals surface area (Å²) in [6.45, 7) is 6.85. The molecule has 1 saturated heterocycles. The molecule has 0 spiro atoms. The summed E-state index contributed by atoms with van der Waals surface area (Å²) in [5, 5.41) is 5.43. The molecule has 2 amide bonds. The van der Waals surface area contributed by atoms with E-state index in [1.165, 1.54) is 0 Å². The quantitative estimate of drug-likeness (QED) is 0.574. The SMILES string of the molecule is C#CCNC(=O)CN1CCN(CC(=O)NCC)CC1. The van der Waals surface area contributed by atoms with Gasteiger partial charge in [0.25, 0.3) is 0 Å². The number of nitrogens with one attached hydrogen (secondary N) is 2. The van der Waals surface area contributed by atoms with E-state index in [0.29, 0.717) is 19.6 Å². The summed E-state index contributed by atoms with van der Waals surface area (Å²) in [5.41, 5.74) is 0. The Bertz CT molecular complexity index is 343. The Morgan fingerprint density at radius 3 is 1.95 bits per heavy atom. The van der Waals surface area contributed by atoms with E-state index < -0.39 is 0 Å². The normalized spacial score (nSPS) is 16.6. The van der Waals surface area contributed by atoms with Crippen LogP contribution in [0.1, 0.15) is 6.92 Å². The summed E-state index contributed by atoms with van der Waals surface area (Å²) in [7, 11) is 0. The van der Waals surface area contributed by atoms with Crippen molar-refractivity contribution in [3.05, 3.63) is 0 Å². The van der Waals surface area contributed by atoms with Crippen molar-refractivity contribution in [2.24, 2.45) is 0 Å². The molecule has 0 radical (unpaired) electrons. The lowest BCUT2D eigenvalue weighted by Gasteiger charge is -2.33. The van der Waals surface area contributed by atoms with E-state index in [9.17, 15) is 9.59 Å². The molecule has 0 bridgehead atoms. The topological polar surface area (TPSA) is 64.7 Å². The summed E-state index contributed by atoms with van der Waals surface area (Å²) in [6.07, 6.45) is 5.08. The van der Waals surface area contributed by atoms with Crippen LogP contribution < -0.4 is 10.6 Å². The molecule has 6 heteroatoms. The minimum atomic E-state index is -0.0462. The number of hydrogen-bond donors (Lipinski definition) is 2. The third-order valence-electron chi connectivity index (χ3n) is 2.96. The zero-order valence-electron chi connectivity index (χ0n) is 11.4. The second kappa shape index (κ2) is 8.51. The van der Waals surface area contributed by atoms with Crippen molar-refractivity contribution >= 4 is 11.8 Å². The van der Waals surface area contributed by atoms with E-state index in [1.54, 1.807) is 0 Å². The molecule has 0 atom stereocenters. The van der Waals surface area contributed by atoms with Gasteiger partial charge in [0.2, 0.25) is 11.8 Å². The average molecular weight is 266 g/mol. The number of carbonyl (C=O) groups is 2. The molecular formula is C13H22N4O2. The van der Waals surface area contributed by atoms with Crippen LogP contribution in [0.25, 0.3) is 0 Å². The van der Waals surface area contributed by atoms with Gasteiger partial charge in [0.05, 0.1) is 19.6 Å². The van der Waals surface area contributed by atoms with Crippen molar-refractivity contribution in [3.8, 4) is 12.3 Å². The number of piperazine rings is 1. The smallest absolute Gasteiger partial charge is 0.234 e. The van der Waals surface area contributed by atoms with Crippen LogP contribution in [0.15, 0.2) is 0 Å². The van der Waals surface area contributed by atoms with Gasteiger partial charge in [-0.25, -0.2) is 0 Å². The molecule has 1 heterocycles. The molecule has 0 aromatic rings. The molecule has 6 nitrogen and oxygen atoms in total. The number of amides is 2. The first-order chi connectivity index (χ1) is 9.15. The Morgan fingerprint density at radius 1 is 1.05 bits per heavy atom. The highest BCUT2D eigenvalue weighted by Gasteiger charge is 2.19. The van der Waals surface area contributed by atoms with E-state index in [2.05, 4.69) is 26.4 Å². The van der Waals surface area contributed by atoms with Crippen LogP contribution >= 0.6 is 0 Å². The van der Waals surface area contributed by atoms with Gasteiger partial charge >= 0.3 is 0 Å². The fraction of sp³-hybridized carbons (Fsp3) is 0.692.